The van der Waals surface area contributed by atoms with Crippen molar-refractivity contribution >= 4 is 10.9 Å². The van der Waals surface area contributed by atoms with Gasteiger partial charge in [-0.05, 0) is 37.7 Å². The van der Waals surface area contributed by atoms with Crippen LogP contribution < -0.4 is 4.74 Å². The van der Waals surface area contributed by atoms with Crippen molar-refractivity contribution in [3.05, 3.63) is 30.0 Å². The first-order valence-corrected chi connectivity index (χ1v) is 9.21. The van der Waals surface area contributed by atoms with Gasteiger partial charge in [-0.15, -0.1) is 0 Å². The van der Waals surface area contributed by atoms with E-state index >= 15 is 0 Å². The molecule has 1 fully saturated rings. The maximum absolute atomic E-state index is 10.2. The number of H-pyrrole nitrogens is 1. The molecule has 0 radical (unpaired) electrons. The summed E-state index contributed by atoms with van der Waals surface area (Å²) in [6, 6.07) is 5.52. The van der Waals surface area contributed by atoms with Crippen LogP contribution in [0.2, 0.25) is 0 Å². The van der Waals surface area contributed by atoms with E-state index in [9.17, 15) is 20.4 Å². The average Bonchev–Trinajstić information content (AvgIpc) is 3.10. The molecule has 1 aromatic carbocycles. The van der Waals surface area contributed by atoms with Crippen LogP contribution in [0, 0.1) is 0 Å². The molecule has 27 heavy (non-hydrogen) atoms. The van der Waals surface area contributed by atoms with Crippen LogP contribution in [0.15, 0.2) is 24.4 Å². The van der Waals surface area contributed by atoms with Crippen LogP contribution in [-0.2, 0) is 11.2 Å². The molecule has 150 valence electrons. The van der Waals surface area contributed by atoms with E-state index < -0.39 is 37.3 Å². The van der Waals surface area contributed by atoms with Gasteiger partial charge in [-0.3, -0.25) is 0 Å². The smallest absolute Gasteiger partial charge is 0.229 e. The summed E-state index contributed by atoms with van der Waals surface area (Å²) in [5.74, 6) is 0.507. The highest BCUT2D eigenvalue weighted by Crippen LogP contribution is 2.32. The van der Waals surface area contributed by atoms with Gasteiger partial charge in [-0.2, -0.15) is 0 Å². The van der Waals surface area contributed by atoms with Crippen molar-refractivity contribution < 1.29 is 29.9 Å². The number of nitrogens with one attached hydrogen (secondary N) is 1. The lowest BCUT2D eigenvalue weighted by molar-refractivity contribution is -0.277. The van der Waals surface area contributed by atoms with E-state index in [2.05, 4.69) is 23.9 Å². The van der Waals surface area contributed by atoms with Crippen LogP contribution in [0.3, 0.4) is 0 Å². The van der Waals surface area contributed by atoms with Crippen molar-refractivity contribution in [3.8, 4) is 5.75 Å². The van der Waals surface area contributed by atoms with Gasteiger partial charge in [-0.25, -0.2) is 0 Å². The van der Waals surface area contributed by atoms with Crippen molar-refractivity contribution in [1.82, 2.24) is 9.88 Å². The average molecular weight is 380 g/mol. The summed E-state index contributed by atoms with van der Waals surface area (Å²) in [6.45, 7) is 3.45. The van der Waals surface area contributed by atoms with Crippen LogP contribution in [0.5, 0.6) is 5.75 Å². The van der Waals surface area contributed by atoms with Crippen molar-refractivity contribution in [3.63, 3.8) is 0 Å². The highest BCUT2D eigenvalue weighted by atomic mass is 16.7. The number of hydrogen-bond donors (Lipinski definition) is 5. The summed E-state index contributed by atoms with van der Waals surface area (Å²) in [7, 11) is 2.06. The van der Waals surface area contributed by atoms with Gasteiger partial charge in [0.1, 0.15) is 30.2 Å². The summed E-state index contributed by atoms with van der Waals surface area (Å²) in [6.07, 6.45) is -3.76. The van der Waals surface area contributed by atoms with E-state index in [4.69, 9.17) is 9.47 Å². The monoisotopic (exact) mass is 380 g/mol. The molecule has 3 rings (SSSR count). The molecule has 0 bridgehead atoms. The summed E-state index contributed by atoms with van der Waals surface area (Å²) in [5.41, 5.74) is 1.97. The molecule has 1 aromatic heterocycles. The van der Waals surface area contributed by atoms with Gasteiger partial charge in [0.2, 0.25) is 6.29 Å². The van der Waals surface area contributed by atoms with Crippen LogP contribution >= 0.6 is 0 Å². The molecule has 0 unspecified atom stereocenters. The zero-order chi connectivity index (χ0) is 19.6. The Balaban J connectivity index is 1.85. The number of benzene rings is 1. The predicted octanol–water partition coefficient (Wildman–Crippen LogP) is -0.159. The Hall–Kier alpha value is -1.68. The number of aliphatic hydroxyl groups is 4. The number of aromatic nitrogens is 1. The Morgan fingerprint density at radius 3 is 2.67 bits per heavy atom. The largest absolute Gasteiger partial charge is 0.461 e. The standard InChI is InChI=1S/C19H28N2O6/c1-3-21(2)8-7-11-9-20-12-5-4-6-13(15(11)12)26-19-18(25)17(24)16(23)14(10-22)27-19/h4-6,9,14,16-20,22-25H,3,7-8,10H2,1-2H3/t14-,16-,17+,18-,19-/m1/s1. The number of aliphatic hydroxyl groups excluding tert-OH is 4. The van der Waals surface area contributed by atoms with E-state index in [1.165, 1.54) is 0 Å². The highest BCUT2D eigenvalue weighted by molar-refractivity contribution is 5.89. The zero-order valence-electron chi connectivity index (χ0n) is 15.6. The van der Waals surface area contributed by atoms with E-state index in [1.54, 1.807) is 6.07 Å². The molecule has 2 heterocycles. The third-order valence-electron chi connectivity index (χ3n) is 5.14. The number of likely N-dealkylation sites (N-methyl/N-ethyl adjacent to an activating group) is 1. The number of hydrogen-bond acceptors (Lipinski definition) is 7. The predicted molar refractivity (Wildman–Crippen MR) is 99.6 cm³/mol. The highest BCUT2D eigenvalue weighted by Gasteiger charge is 2.44. The molecule has 2 aromatic rings. The van der Waals surface area contributed by atoms with Crippen LogP contribution in [0.1, 0.15) is 12.5 Å². The fourth-order valence-electron chi connectivity index (χ4n) is 3.27. The van der Waals surface area contributed by atoms with Gasteiger partial charge in [0.25, 0.3) is 0 Å². The molecule has 8 heteroatoms. The molecule has 0 amide bonds. The van der Waals surface area contributed by atoms with Crippen molar-refractivity contribution in [1.29, 1.82) is 0 Å². The van der Waals surface area contributed by atoms with Gasteiger partial charge in [-0.1, -0.05) is 13.0 Å². The van der Waals surface area contributed by atoms with Crippen molar-refractivity contribution in [2.45, 2.75) is 44.1 Å². The maximum atomic E-state index is 10.2. The minimum Gasteiger partial charge on any atom is -0.461 e. The van der Waals surface area contributed by atoms with Crippen molar-refractivity contribution in [2.24, 2.45) is 0 Å². The van der Waals surface area contributed by atoms with Gasteiger partial charge >= 0.3 is 0 Å². The second-order valence-electron chi connectivity index (χ2n) is 6.95. The lowest BCUT2D eigenvalue weighted by Gasteiger charge is -2.39. The number of nitrogens with zero attached hydrogens (tertiary/aromatic N) is 1. The SMILES string of the molecule is CCN(C)CCc1c[nH]c2cccc(O[C@@H]3O[C@H](CO)[C@@H](O)[C@H](O)[C@H]3O)c12. The van der Waals surface area contributed by atoms with Gasteiger partial charge in [0.15, 0.2) is 0 Å². The third-order valence-corrected chi connectivity index (χ3v) is 5.14. The Kier molecular flexibility index (Phi) is 6.36. The molecule has 0 spiro atoms. The third kappa shape index (κ3) is 4.11. The maximum Gasteiger partial charge on any atom is 0.229 e. The molecule has 0 saturated carbocycles. The van der Waals surface area contributed by atoms with Gasteiger partial charge in [0.05, 0.1) is 6.61 Å². The van der Waals surface area contributed by atoms with E-state index in [0.29, 0.717) is 5.75 Å². The second kappa shape index (κ2) is 8.55. The summed E-state index contributed by atoms with van der Waals surface area (Å²) < 4.78 is 11.3. The summed E-state index contributed by atoms with van der Waals surface area (Å²) >= 11 is 0. The minimum atomic E-state index is -1.47. The number of aromatic amines is 1. The normalized spacial score (nSPS) is 28.8. The molecule has 1 saturated heterocycles. The van der Waals surface area contributed by atoms with E-state index in [-0.39, 0.29) is 0 Å². The molecule has 0 aliphatic carbocycles. The summed E-state index contributed by atoms with van der Waals surface area (Å²) in [4.78, 5) is 5.43. The molecule has 5 atom stereocenters. The molecule has 8 nitrogen and oxygen atoms in total. The van der Waals surface area contributed by atoms with Crippen LogP contribution in [0.4, 0.5) is 0 Å². The van der Waals surface area contributed by atoms with E-state index in [1.807, 2.05) is 18.3 Å². The van der Waals surface area contributed by atoms with Crippen LogP contribution in [-0.4, -0.2) is 87.8 Å². The Bertz CT molecular complexity index is 749. The van der Waals surface area contributed by atoms with Crippen LogP contribution in [0.25, 0.3) is 10.9 Å². The number of rotatable bonds is 7. The molecule has 1 aliphatic rings. The van der Waals surface area contributed by atoms with Gasteiger partial charge in [0, 0.05) is 23.6 Å². The first kappa shape index (κ1) is 20.1. The number of ether oxygens (including phenoxy) is 2. The molecular weight excluding hydrogens is 352 g/mol. The lowest BCUT2D eigenvalue weighted by Crippen LogP contribution is -2.60. The lowest BCUT2D eigenvalue weighted by atomic mass is 9.99. The van der Waals surface area contributed by atoms with Crippen molar-refractivity contribution in [2.75, 3.05) is 26.7 Å². The quantitative estimate of drug-likeness (QED) is 0.453. The fraction of sp³-hybridized carbons (Fsp3) is 0.579. The summed E-state index contributed by atoms with van der Waals surface area (Å²) in [5, 5.41) is 40.3. The zero-order valence-corrected chi connectivity index (χ0v) is 15.6. The number of fused-ring (bicyclic) bond motifs is 1. The first-order valence-electron chi connectivity index (χ1n) is 9.21. The molecule has 5 N–H and O–H groups in total. The Morgan fingerprint density at radius 2 is 1.96 bits per heavy atom. The Labute approximate surface area is 157 Å². The second-order valence-corrected chi connectivity index (χ2v) is 6.95. The molecular formula is C19H28N2O6. The molecule has 1 aliphatic heterocycles. The first-order chi connectivity index (χ1) is 13.0. The van der Waals surface area contributed by atoms with E-state index in [0.717, 1.165) is 36.0 Å². The van der Waals surface area contributed by atoms with Gasteiger partial charge < -0.3 is 39.8 Å². The Morgan fingerprint density at radius 1 is 1.19 bits per heavy atom. The topological polar surface area (TPSA) is 118 Å². The fourth-order valence-corrected chi connectivity index (χ4v) is 3.27. The minimum absolute atomic E-state index is 0.492.